The van der Waals surface area contributed by atoms with E-state index in [1.54, 1.807) is 0 Å². The fraction of sp³-hybridized carbons (Fsp3) is 0.786. The van der Waals surface area contributed by atoms with Gasteiger partial charge in [0.05, 0.1) is 5.69 Å². The molecule has 0 amide bonds. The van der Waals surface area contributed by atoms with Gasteiger partial charge < -0.3 is 10.2 Å². The zero-order valence-electron chi connectivity index (χ0n) is 12.7. The lowest BCUT2D eigenvalue weighted by Gasteiger charge is -2.23. The van der Waals surface area contributed by atoms with E-state index in [-0.39, 0.29) is 0 Å². The van der Waals surface area contributed by atoms with E-state index in [2.05, 4.69) is 50.1 Å². The monoisotopic (exact) mass is 252 g/mol. The van der Waals surface area contributed by atoms with Crippen LogP contribution in [0.25, 0.3) is 0 Å². The first-order chi connectivity index (χ1) is 8.47. The van der Waals surface area contributed by atoms with Crippen LogP contribution in [0.3, 0.4) is 0 Å². The van der Waals surface area contributed by atoms with Crippen LogP contribution in [0, 0.1) is 12.8 Å². The molecule has 1 aromatic heterocycles. The van der Waals surface area contributed by atoms with E-state index < -0.39 is 0 Å². The lowest BCUT2D eigenvalue weighted by molar-refractivity contribution is 0.615. The summed E-state index contributed by atoms with van der Waals surface area (Å²) in [4.78, 5) is 2.31. The largest absolute Gasteiger partial charge is 0.359 e. The van der Waals surface area contributed by atoms with Gasteiger partial charge in [-0.1, -0.05) is 20.8 Å². The number of aryl methyl sites for hydroxylation is 2. The number of nitrogens with one attached hydrogen (secondary N) is 1. The van der Waals surface area contributed by atoms with Gasteiger partial charge in [0.2, 0.25) is 0 Å². The van der Waals surface area contributed by atoms with Crippen LogP contribution in [0.1, 0.15) is 38.4 Å². The number of anilines is 1. The van der Waals surface area contributed by atoms with Gasteiger partial charge in [-0.15, -0.1) is 0 Å². The Morgan fingerprint density at radius 2 is 2.06 bits per heavy atom. The minimum Gasteiger partial charge on any atom is -0.359 e. The summed E-state index contributed by atoms with van der Waals surface area (Å²) in [5.41, 5.74) is 2.46. The van der Waals surface area contributed by atoms with Crippen molar-refractivity contribution in [2.75, 3.05) is 25.0 Å². The highest BCUT2D eigenvalue weighted by atomic mass is 15.4. The van der Waals surface area contributed by atoms with Crippen molar-refractivity contribution in [2.45, 2.75) is 40.7 Å². The molecule has 0 saturated carbocycles. The molecule has 0 aromatic carbocycles. The Kier molecular flexibility index (Phi) is 5.66. The number of rotatable bonds is 7. The van der Waals surface area contributed by atoms with Crippen LogP contribution in [0.5, 0.6) is 0 Å². The lowest BCUT2D eigenvalue weighted by atomic mass is 10.2. The van der Waals surface area contributed by atoms with E-state index in [0.717, 1.165) is 31.7 Å². The second kappa shape index (κ2) is 6.78. The zero-order chi connectivity index (χ0) is 13.7. The maximum absolute atomic E-state index is 4.55. The van der Waals surface area contributed by atoms with Crippen molar-refractivity contribution in [3.63, 3.8) is 0 Å². The fourth-order valence-electron chi connectivity index (χ4n) is 2.40. The van der Waals surface area contributed by atoms with Crippen molar-refractivity contribution < 1.29 is 0 Å². The standard InChI is InChI=1S/C14H28N4/c1-7-8-15-9-13-12(4)16-18(6)14(13)17(5)10-11(2)3/h11,15H,7-10H2,1-6H3. The van der Waals surface area contributed by atoms with Gasteiger partial charge in [-0.05, 0) is 25.8 Å². The first-order valence-electron chi connectivity index (χ1n) is 6.91. The smallest absolute Gasteiger partial charge is 0.131 e. The van der Waals surface area contributed by atoms with Crippen molar-refractivity contribution in [3.8, 4) is 0 Å². The van der Waals surface area contributed by atoms with Crippen LogP contribution < -0.4 is 10.2 Å². The molecule has 104 valence electrons. The molecule has 4 heteroatoms. The number of hydrogen-bond acceptors (Lipinski definition) is 3. The first-order valence-corrected chi connectivity index (χ1v) is 6.91. The molecule has 0 fully saturated rings. The van der Waals surface area contributed by atoms with Crippen LogP contribution in [-0.2, 0) is 13.6 Å². The summed E-state index contributed by atoms with van der Waals surface area (Å²) in [6.45, 7) is 11.8. The Hall–Kier alpha value is -1.03. The molecule has 1 N–H and O–H groups in total. The Balaban J connectivity index is 2.87. The Bertz CT molecular complexity index is 368. The molecular formula is C14H28N4. The maximum Gasteiger partial charge on any atom is 0.131 e. The SMILES string of the molecule is CCCNCc1c(C)nn(C)c1N(C)CC(C)C. The van der Waals surface area contributed by atoms with Crippen LogP contribution in [-0.4, -0.2) is 29.9 Å². The third-order valence-electron chi connectivity index (χ3n) is 3.04. The molecule has 1 heterocycles. The minimum absolute atomic E-state index is 0.654. The molecule has 0 aliphatic heterocycles. The number of nitrogens with zero attached hydrogens (tertiary/aromatic N) is 3. The maximum atomic E-state index is 4.55. The van der Waals surface area contributed by atoms with E-state index >= 15 is 0 Å². The summed E-state index contributed by atoms with van der Waals surface area (Å²) in [6.07, 6.45) is 1.16. The Labute approximate surface area is 111 Å². The molecule has 4 nitrogen and oxygen atoms in total. The van der Waals surface area contributed by atoms with Crippen LogP contribution in [0.4, 0.5) is 5.82 Å². The van der Waals surface area contributed by atoms with E-state index in [9.17, 15) is 0 Å². The second-order valence-electron chi connectivity index (χ2n) is 5.46. The molecule has 0 saturated heterocycles. The highest BCUT2D eigenvalue weighted by Gasteiger charge is 2.16. The zero-order valence-corrected chi connectivity index (χ0v) is 12.7. The van der Waals surface area contributed by atoms with Crippen LogP contribution in [0.15, 0.2) is 0 Å². The van der Waals surface area contributed by atoms with Gasteiger partial charge >= 0.3 is 0 Å². The van der Waals surface area contributed by atoms with Crippen molar-refractivity contribution >= 4 is 5.82 Å². The summed E-state index contributed by atoms with van der Waals surface area (Å²) in [6, 6.07) is 0. The molecule has 0 unspecified atom stereocenters. The minimum atomic E-state index is 0.654. The fourth-order valence-corrected chi connectivity index (χ4v) is 2.40. The third kappa shape index (κ3) is 3.73. The molecule has 0 spiro atoms. The number of hydrogen-bond donors (Lipinski definition) is 1. The van der Waals surface area contributed by atoms with Gasteiger partial charge in [0.1, 0.15) is 5.82 Å². The lowest BCUT2D eigenvalue weighted by Crippen LogP contribution is -2.26. The van der Waals surface area contributed by atoms with Crippen LogP contribution in [0.2, 0.25) is 0 Å². The van der Waals surface area contributed by atoms with Gasteiger partial charge in [-0.3, -0.25) is 4.68 Å². The summed E-state index contributed by atoms with van der Waals surface area (Å²) in [5, 5.41) is 8.03. The van der Waals surface area contributed by atoms with E-state index in [1.165, 1.54) is 11.4 Å². The normalized spacial score (nSPS) is 11.3. The predicted octanol–water partition coefficient (Wildman–Crippen LogP) is 2.32. The van der Waals surface area contributed by atoms with Gasteiger partial charge in [-0.25, -0.2) is 0 Å². The van der Waals surface area contributed by atoms with Crippen molar-refractivity contribution in [3.05, 3.63) is 11.3 Å². The summed E-state index contributed by atoms with van der Waals surface area (Å²) in [5.74, 6) is 1.89. The predicted molar refractivity (Wildman–Crippen MR) is 78.1 cm³/mol. The van der Waals surface area contributed by atoms with Gasteiger partial charge in [0.25, 0.3) is 0 Å². The quantitative estimate of drug-likeness (QED) is 0.756. The number of aromatic nitrogens is 2. The molecule has 0 aliphatic rings. The average Bonchev–Trinajstić information content (AvgIpc) is 2.53. The summed E-state index contributed by atoms with van der Waals surface area (Å²) >= 11 is 0. The first kappa shape index (κ1) is 15.0. The van der Waals surface area contributed by atoms with E-state index in [4.69, 9.17) is 0 Å². The highest BCUT2D eigenvalue weighted by Crippen LogP contribution is 2.22. The average molecular weight is 252 g/mol. The van der Waals surface area contributed by atoms with Crippen molar-refractivity contribution in [1.29, 1.82) is 0 Å². The topological polar surface area (TPSA) is 33.1 Å². The van der Waals surface area contributed by atoms with Gasteiger partial charge in [-0.2, -0.15) is 5.10 Å². The van der Waals surface area contributed by atoms with Gasteiger partial charge in [0.15, 0.2) is 0 Å². The molecule has 0 aliphatic carbocycles. The molecule has 18 heavy (non-hydrogen) atoms. The van der Waals surface area contributed by atoms with Crippen LogP contribution >= 0.6 is 0 Å². The third-order valence-corrected chi connectivity index (χ3v) is 3.04. The van der Waals surface area contributed by atoms with E-state index in [0.29, 0.717) is 5.92 Å². The summed E-state index contributed by atoms with van der Waals surface area (Å²) in [7, 11) is 4.18. The Morgan fingerprint density at radius 1 is 1.39 bits per heavy atom. The summed E-state index contributed by atoms with van der Waals surface area (Å²) < 4.78 is 2.00. The molecule has 1 rings (SSSR count). The highest BCUT2D eigenvalue weighted by molar-refractivity contribution is 5.49. The molecule has 0 bridgehead atoms. The van der Waals surface area contributed by atoms with Gasteiger partial charge in [0, 0.05) is 32.7 Å². The van der Waals surface area contributed by atoms with Crippen molar-refractivity contribution in [2.24, 2.45) is 13.0 Å². The molecule has 0 radical (unpaired) electrons. The molecule has 1 aromatic rings. The molecule has 0 atom stereocenters. The Morgan fingerprint density at radius 3 is 2.61 bits per heavy atom. The van der Waals surface area contributed by atoms with Crippen molar-refractivity contribution in [1.82, 2.24) is 15.1 Å². The second-order valence-corrected chi connectivity index (χ2v) is 5.46. The molecular weight excluding hydrogens is 224 g/mol. The van der Waals surface area contributed by atoms with E-state index in [1.807, 2.05) is 11.7 Å².